The second kappa shape index (κ2) is 5.42. The second-order valence-electron chi connectivity index (χ2n) is 3.59. The van der Waals surface area contributed by atoms with Crippen LogP contribution in [0.5, 0.6) is 0 Å². The Hall–Kier alpha value is -1.52. The van der Waals surface area contributed by atoms with E-state index in [1.165, 1.54) is 0 Å². The Labute approximate surface area is 113 Å². The maximum absolute atomic E-state index is 11.7. The maximum Gasteiger partial charge on any atom is 0.253 e. The molecule has 0 saturated carbocycles. The zero-order valence-corrected chi connectivity index (χ0v) is 10.7. The van der Waals surface area contributed by atoms with E-state index in [1.54, 1.807) is 12.1 Å². The van der Waals surface area contributed by atoms with Crippen LogP contribution in [0.2, 0.25) is 0 Å². The van der Waals surface area contributed by atoms with Gasteiger partial charge in [-0.1, -0.05) is 41.4 Å². The minimum atomic E-state index is -1.19. The third-order valence-corrected chi connectivity index (χ3v) is 2.72. The summed E-state index contributed by atoms with van der Waals surface area (Å²) in [5.41, 5.74) is 0.625. The molecule has 0 aliphatic carbocycles. The fourth-order valence-corrected chi connectivity index (χ4v) is 1.61. The van der Waals surface area contributed by atoms with Crippen molar-refractivity contribution in [2.75, 3.05) is 6.54 Å². The molecule has 0 unspecified atom stereocenters. The number of amides is 1. The quantitative estimate of drug-likeness (QED) is 0.694. The largest absolute Gasteiger partial charge is 0.453 e. The summed E-state index contributed by atoms with van der Waals surface area (Å²) in [6.07, 6.45) is 0. The molecule has 0 aliphatic rings. The van der Waals surface area contributed by atoms with Gasteiger partial charge in [0.05, 0.1) is 6.54 Å². The van der Waals surface area contributed by atoms with E-state index in [2.05, 4.69) is 5.32 Å². The van der Waals surface area contributed by atoms with Crippen LogP contribution >= 0.6 is 23.2 Å². The van der Waals surface area contributed by atoms with Gasteiger partial charge in [0.1, 0.15) is 5.58 Å². The molecule has 1 N–H and O–H groups in total. The third kappa shape index (κ3) is 2.83. The van der Waals surface area contributed by atoms with Crippen molar-refractivity contribution in [2.24, 2.45) is 0 Å². The monoisotopic (exact) mass is 285 g/mol. The molecule has 0 atom stereocenters. The molecule has 94 valence electrons. The highest BCUT2D eigenvalue weighted by atomic mass is 35.5. The third-order valence-electron chi connectivity index (χ3n) is 2.32. The van der Waals surface area contributed by atoms with E-state index < -0.39 is 10.7 Å². The summed E-state index contributed by atoms with van der Waals surface area (Å²) in [5.74, 6) is -0.756. The van der Waals surface area contributed by atoms with Crippen LogP contribution in [-0.2, 0) is 4.79 Å². The van der Waals surface area contributed by atoms with E-state index in [1.807, 2.05) is 18.2 Å². The molecule has 0 spiro atoms. The Bertz CT molecular complexity index is 559. The number of hydrogen-bond acceptors (Lipinski definition) is 3. The highest BCUT2D eigenvalue weighted by Gasteiger charge is 2.16. The number of carbonyl (C=O) groups is 2. The molecule has 1 heterocycles. The first-order valence-corrected chi connectivity index (χ1v) is 6.03. The zero-order chi connectivity index (χ0) is 13.1. The van der Waals surface area contributed by atoms with E-state index in [4.69, 9.17) is 27.6 Å². The van der Waals surface area contributed by atoms with Gasteiger partial charge in [-0.15, -0.1) is 0 Å². The van der Waals surface area contributed by atoms with Crippen LogP contribution in [0.15, 0.2) is 34.7 Å². The minimum absolute atomic E-state index is 0.192. The predicted molar refractivity (Wildman–Crippen MR) is 69.0 cm³/mol. The summed E-state index contributed by atoms with van der Waals surface area (Å²) in [6, 6.07) is 8.88. The number of para-hydroxylation sites is 1. The average Bonchev–Trinajstić information content (AvgIpc) is 2.79. The molecule has 0 fully saturated rings. The summed E-state index contributed by atoms with van der Waals surface area (Å²) in [4.78, 5) is 21.7. The molecular weight excluding hydrogens is 277 g/mol. The molecule has 1 amide bonds. The Morgan fingerprint density at radius 3 is 2.67 bits per heavy atom. The van der Waals surface area contributed by atoms with Gasteiger partial charge in [0.25, 0.3) is 5.91 Å². The number of fused-ring (bicyclic) bond motifs is 1. The summed E-state index contributed by atoms with van der Waals surface area (Å²) in [5, 5.41) is 3.15. The summed E-state index contributed by atoms with van der Waals surface area (Å²) < 4.78 is 5.36. The molecule has 0 aliphatic heterocycles. The predicted octanol–water partition coefficient (Wildman–Crippen LogP) is 2.54. The van der Waals surface area contributed by atoms with Gasteiger partial charge in [0.15, 0.2) is 10.6 Å². The summed E-state index contributed by atoms with van der Waals surface area (Å²) in [6.45, 7) is -0.200. The van der Waals surface area contributed by atoms with Crippen molar-refractivity contribution in [1.29, 1.82) is 0 Å². The first-order valence-electron chi connectivity index (χ1n) is 5.15. The summed E-state index contributed by atoms with van der Waals surface area (Å²) >= 11 is 10.7. The van der Waals surface area contributed by atoms with Crippen molar-refractivity contribution in [1.82, 2.24) is 5.32 Å². The number of nitrogens with one attached hydrogen (secondary N) is 1. The number of benzene rings is 1. The Kier molecular flexibility index (Phi) is 3.89. The van der Waals surface area contributed by atoms with Crippen LogP contribution < -0.4 is 5.32 Å². The van der Waals surface area contributed by atoms with Crippen LogP contribution in [0.1, 0.15) is 10.6 Å². The van der Waals surface area contributed by atoms with E-state index in [-0.39, 0.29) is 18.1 Å². The molecule has 4 nitrogen and oxygen atoms in total. The molecule has 18 heavy (non-hydrogen) atoms. The van der Waals surface area contributed by atoms with Crippen molar-refractivity contribution in [3.63, 3.8) is 0 Å². The van der Waals surface area contributed by atoms with Gasteiger partial charge in [-0.25, -0.2) is 0 Å². The van der Waals surface area contributed by atoms with Crippen LogP contribution in [0.4, 0.5) is 0 Å². The highest BCUT2D eigenvalue weighted by Crippen LogP contribution is 2.18. The van der Waals surface area contributed by atoms with E-state index in [0.717, 1.165) is 5.39 Å². The number of carbonyl (C=O) groups excluding carboxylic acids is 2. The fourth-order valence-electron chi connectivity index (χ4n) is 1.45. The fraction of sp³-hybridized carbons (Fsp3) is 0.167. The van der Waals surface area contributed by atoms with Crippen molar-refractivity contribution in [3.8, 4) is 0 Å². The number of halogens is 2. The molecule has 2 aromatic rings. The second-order valence-corrected chi connectivity index (χ2v) is 4.69. The molecule has 1 aromatic heterocycles. The van der Waals surface area contributed by atoms with Crippen LogP contribution in [-0.4, -0.2) is 23.1 Å². The van der Waals surface area contributed by atoms with Crippen molar-refractivity contribution >= 4 is 45.9 Å². The number of hydrogen-bond donors (Lipinski definition) is 1. The normalized spacial score (nSPS) is 10.8. The van der Waals surface area contributed by atoms with Crippen LogP contribution in [0.3, 0.4) is 0 Å². The lowest BCUT2D eigenvalue weighted by atomic mass is 10.2. The van der Waals surface area contributed by atoms with Crippen molar-refractivity contribution < 1.29 is 14.0 Å². The SMILES string of the molecule is O=C(CNC(=O)C(Cl)Cl)c1cc2ccccc2o1. The van der Waals surface area contributed by atoms with Gasteiger partial charge < -0.3 is 9.73 Å². The molecule has 6 heteroatoms. The first-order chi connectivity index (χ1) is 8.58. The molecule has 1 aromatic carbocycles. The standard InChI is InChI=1S/C12H9Cl2NO3/c13-11(14)12(17)15-6-8(16)10-5-7-3-1-2-4-9(7)18-10/h1-5,11H,6H2,(H,15,17). The van der Waals surface area contributed by atoms with E-state index >= 15 is 0 Å². The lowest BCUT2D eigenvalue weighted by Gasteiger charge is -2.02. The van der Waals surface area contributed by atoms with Crippen molar-refractivity contribution in [2.45, 2.75) is 4.84 Å². The molecule has 0 bridgehead atoms. The Morgan fingerprint density at radius 2 is 2.00 bits per heavy atom. The van der Waals surface area contributed by atoms with Crippen LogP contribution in [0.25, 0.3) is 11.0 Å². The lowest BCUT2D eigenvalue weighted by molar-refractivity contribution is -0.119. The number of Topliss-reactive ketones (excluding diaryl/α,β-unsaturated/α-hetero) is 1. The van der Waals surface area contributed by atoms with Gasteiger partial charge in [-0.05, 0) is 12.1 Å². The number of alkyl halides is 2. The number of rotatable bonds is 4. The number of furan rings is 1. The molecular formula is C12H9Cl2NO3. The lowest BCUT2D eigenvalue weighted by Crippen LogP contribution is -2.33. The first kappa shape index (κ1) is 12.9. The molecule has 0 radical (unpaired) electrons. The Morgan fingerprint density at radius 1 is 1.28 bits per heavy atom. The average molecular weight is 286 g/mol. The molecule has 2 rings (SSSR count). The van der Waals surface area contributed by atoms with E-state index in [0.29, 0.717) is 5.58 Å². The smallest absolute Gasteiger partial charge is 0.253 e. The highest BCUT2D eigenvalue weighted by molar-refractivity contribution is 6.53. The maximum atomic E-state index is 11.7. The van der Waals surface area contributed by atoms with Gasteiger partial charge in [-0.3, -0.25) is 9.59 Å². The Balaban J connectivity index is 2.07. The minimum Gasteiger partial charge on any atom is -0.453 e. The van der Waals surface area contributed by atoms with E-state index in [9.17, 15) is 9.59 Å². The van der Waals surface area contributed by atoms with Gasteiger partial charge in [0, 0.05) is 5.39 Å². The molecule has 0 saturated heterocycles. The topological polar surface area (TPSA) is 59.3 Å². The number of ketones is 1. The summed E-state index contributed by atoms with van der Waals surface area (Å²) in [7, 11) is 0. The van der Waals surface area contributed by atoms with Gasteiger partial charge in [-0.2, -0.15) is 0 Å². The van der Waals surface area contributed by atoms with Gasteiger partial charge in [0.2, 0.25) is 5.78 Å². The van der Waals surface area contributed by atoms with Gasteiger partial charge >= 0.3 is 0 Å². The van der Waals surface area contributed by atoms with Crippen molar-refractivity contribution in [3.05, 3.63) is 36.1 Å². The zero-order valence-electron chi connectivity index (χ0n) is 9.15. The van der Waals surface area contributed by atoms with Crippen LogP contribution in [0, 0.1) is 0 Å².